The normalized spacial score (nSPS) is 20.7. The molecule has 9 nitrogen and oxygen atoms in total. The van der Waals surface area contributed by atoms with Crippen LogP contribution in [0.15, 0.2) is 22.8 Å². The predicted octanol–water partition coefficient (Wildman–Crippen LogP) is 0.319. The number of furan rings is 1. The molecule has 0 aliphatic carbocycles. The van der Waals surface area contributed by atoms with Crippen molar-refractivity contribution >= 4 is 17.8 Å². The molecule has 0 bridgehead atoms. The average molecular weight is 378 g/mol. The van der Waals surface area contributed by atoms with Crippen LogP contribution in [0.5, 0.6) is 0 Å². The van der Waals surface area contributed by atoms with Gasteiger partial charge in [-0.25, -0.2) is 4.79 Å². The van der Waals surface area contributed by atoms with E-state index in [9.17, 15) is 14.4 Å². The molecule has 1 aromatic rings. The smallest absolute Gasteiger partial charge is 0.325 e. The van der Waals surface area contributed by atoms with Gasteiger partial charge in [0.15, 0.2) is 0 Å². The van der Waals surface area contributed by atoms with Crippen molar-refractivity contribution < 1.29 is 23.5 Å². The summed E-state index contributed by atoms with van der Waals surface area (Å²) in [6, 6.07) is 2.30. The molecular formula is C18H26N4O5. The number of morpholine rings is 1. The number of nitrogens with one attached hydrogen (secondary N) is 2. The molecule has 0 aromatic carbocycles. The van der Waals surface area contributed by atoms with E-state index in [-0.39, 0.29) is 31.2 Å². The van der Waals surface area contributed by atoms with Gasteiger partial charge in [-0.2, -0.15) is 0 Å². The lowest BCUT2D eigenvalue weighted by Gasteiger charge is -2.26. The number of urea groups is 1. The maximum atomic E-state index is 12.3. The molecule has 0 unspecified atom stereocenters. The van der Waals surface area contributed by atoms with Gasteiger partial charge in [0.2, 0.25) is 5.91 Å². The van der Waals surface area contributed by atoms with Gasteiger partial charge in [-0.1, -0.05) is 0 Å². The highest BCUT2D eigenvalue weighted by Gasteiger charge is 2.38. The van der Waals surface area contributed by atoms with Crippen molar-refractivity contribution in [3.8, 4) is 0 Å². The van der Waals surface area contributed by atoms with Crippen molar-refractivity contribution in [1.29, 1.82) is 0 Å². The molecule has 2 N–H and O–H groups in total. The number of hydrogen-bond donors (Lipinski definition) is 2. The topological polar surface area (TPSA) is 104 Å². The SMILES string of the molecule is O=C(CC[C@@H]1NC(=O)N(Cc2ccco2)C1=O)NCCCN1CCOCC1. The van der Waals surface area contributed by atoms with Gasteiger partial charge in [-0.15, -0.1) is 0 Å². The van der Waals surface area contributed by atoms with E-state index in [2.05, 4.69) is 15.5 Å². The summed E-state index contributed by atoms with van der Waals surface area (Å²) in [5, 5.41) is 5.50. The maximum absolute atomic E-state index is 12.3. The molecule has 1 aromatic heterocycles. The zero-order chi connectivity index (χ0) is 19.1. The zero-order valence-electron chi connectivity index (χ0n) is 15.3. The third-order valence-corrected chi connectivity index (χ3v) is 4.74. The van der Waals surface area contributed by atoms with E-state index in [4.69, 9.17) is 9.15 Å². The quantitative estimate of drug-likeness (QED) is 0.474. The fourth-order valence-electron chi connectivity index (χ4n) is 3.20. The van der Waals surface area contributed by atoms with E-state index in [0.717, 1.165) is 44.2 Å². The van der Waals surface area contributed by atoms with E-state index in [0.29, 0.717) is 12.3 Å². The monoisotopic (exact) mass is 378 g/mol. The highest BCUT2D eigenvalue weighted by Crippen LogP contribution is 2.15. The lowest BCUT2D eigenvalue weighted by atomic mass is 10.1. The number of rotatable bonds is 9. The third-order valence-electron chi connectivity index (χ3n) is 4.74. The van der Waals surface area contributed by atoms with Crippen molar-refractivity contribution in [2.24, 2.45) is 0 Å². The second-order valence-corrected chi connectivity index (χ2v) is 6.70. The van der Waals surface area contributed by atoms with Crippen LogP contribution in [0, 0.1) is 0 Å². The van der Waals surface area contributed by atoms with Crippen molar-refractivity contribution in [2.75, 3.05) is 39.4 Å². The molecule has 3 heterocycles. The Bertz CT molecular complexity index is 642. The Hall–Kier alpha value is -2.39. The van der Waals surface area contributed by atoms with Gasteiger partial charge in [0.25, 0.3) is 5.91 Å². The highest BCUT2D eigenvalue weighted by atomic mass is 16.5. The van der Waals surface area contributed by atoms with Crippen molar-refractivity contribution in [3.05, 3.63) is 24.2 Å². The summed E-state index contributed by atoms with van der Waals surface area (Å²) in [5.41, 5.74) is 0. The summed E-state index contributed by atoms with van der Waals surface area (Å²) in [7, 11) is 0. The molecule has 148 valence electrons. The first-order valence-electron chi connectivity index (χ1n) is 9.34. The first kappa shape index (κ1) is 19.4. The molecule has 0 radical (unpaired) electrons. The fourth-order valence-corrected chi connectivity index (χ4v) is 3.20. The number of imide groups is 1. The van der Waals surface area contributed by atoms with Crippen LogP contribution in [0.25, 0.3) is 0 Å². The Balaban J connectivity index is 1.32. The van der Waals surface area contributed by atoms with Crippen LogP contribution < -0.4 is 10.6 Å². The minimum Gasteiger partial charge on any atom is -0.467 e. The van der Waals surface area contributed by atoms with Gasteiger partial charge in [0.05, 0.1) is 26.0 Å². The van der Waals surface area contributed by atoms with E-state index >= 15 is 0 Å². The van der Waals surface area contributed by atoms with Crippen LogP contribution >= 0.6 is 0 Å². The molecule has 0 saturated carbocycles. The third kappa shape index (κ3) is 5.54. The largest absolute Gasteiger partial charge is 0.467 e. The number of hydrogen-bond acceptors (Lipinski definition) is 6. The Kier molecular flexibility index (Phi) is 6.83. The molecule has 27 heavy (non-hydrogen) atoms. The first-order chi connectivity index (χ1) is 13.1. The van der Waals surface area contributed by atoms with Crippen molar-refractivity contribution in [1.82, 2.24) is 20.4 Å². The van der Waals surface area contributed by atoms with Gasteiger partial charge in [0, 0.05) is 26.1 Å². The Morgan fingerprint density at radius 2 is 2.11 bits per heavy atom. The van der Waals surface area contributed by atoms with E-state index < -0.39 is 12.1 Å². The van der Waals surface area contributed by atoms with Crippen LogP contribution in [0.3, 0.4) is 0 Å². The van der Waals surface area contributed by atoms with Gasteiger partial charge in [-0.05, 0) is 31.5 Å². The number of carbonyl (C=O) groups excluding carboxylic acids is 3. The minimum absolute atomic E-state index is 0.0991. The van der Waals surface area contributed by atoms with Gasteiger partial charge in [0.1, 0.15) is 11.8 Å². The van der Waals surface area contributed by atoms with Crippen LogP contribution in [-0.2, 0) is 20.9 Å². The number of carbonyl (C=O) groups is 3. The van der Waals surface area contributed by atoms with E-state index in [1.165, 1.54) is 6.26 Å². The molecular weight excluding hydrogens is 352 g/mol. The van der Waals surface area contributed by atoms with Crippen LogP contribution in [0.2, 0.25) is 0 Å². The standard InChI is InChI=1S/C18H26N4O5/c23-16(19-6-2-7-21-8-11-26-12-9-21)5-4-15-17(24)22(18(25)20-15)13-14-3-1-10-27-14/h1,3,10,15H,2,4-9,11-13H2,(H,19,23)(H,20,25)/t15-/m0/s1. The molecule has 0 spiro atoms. The first-order valence-corrected chi connectivity index (χ1v) is 9.34. The lowest BCUT2D eigenvalue weighted by molar-refractivity contribution is -0.128. The lowest BCUT2D eigenvalue weighted by Crippen LogP contribution is -2.38. The zero-order valence-corrected chi connectivity index (χ0v) is 15.3. The molecule has 9 heteroatoms. The van der Waals surface area contributed by atoms with Gasteiger partial charge >= 0.3 is 6.03 Å². The summed E-state index contributed by atoms with van der Waals surface area (Å²) in [4.78, 5) is 39.7. The van der Waals surface area contributed by atoms with Crippen LogP contribution in [-0.4, -0.2) is 73.1 Å². The van der Waals surface area contributed by atoms with Gasteiger partial charge in [-0.3, -0.25) is 19.4 Å². The molecule has 2 saturated heterocycles. The second-order valence-electron chi connectivity index (χ2n) is 6.70. The summed E-state index contributed by atoms with van der Waals surface area (Å²) in [5.74, 6) is 0.109. The second kappa shape index (κ2) is 9.52. The molecule has 2 aliphatic rings. The summed E-state index contributed by atoms with van der Waals surface area (Å²) in [6.45, 7) is 5.04. The maximum Gasteiger partial charge on any atom is 0.325 e. The summed E-state index contributed by atoms with van der Waals surface area (Å²) < 4.78 is 10.5. The molecule has 4 amide bonds. The summed E-state index contributed by atoms with van der Waals surface area (Å²) >= 11 is 0. The predicted molar refractivity (Wildman–Crippen MR) is 95.7 cm³/mol. The van der Waals surface area contributed by atoms with E-state index in [1.807, 2.05) is 0 Å². The number of nitrogens with zero attached hydrogens (tertiary/aromatic N) is 2. The Morgan fingerprint density at radius 3 is 2.85 bits per heavy atom. The van der Waals surface area contributed by atoms with Crippen LogP contribution in [0.4, 0.5) is 4.79 Å². The van der Waals surface area contributed by atoms with E-state index in [1.54, 1.807) is 12.1 Å². The van der Waals surface area contributed by atoms with Gasteiger partial charge < -0.3 is 19.8 Å². The highest BCUT2D eigenvalue weighted by molar-refractivity contribution is 6.04. The molecule has 3 rings (SSSR count). The van der Waals surface area contributed by atoms with Crippen molar-refractivity contribution in [3.63, 3.8) is 0 Å². The summed E-state index contributed by atoms with van der Waals surface area (Å²) in [6.07, 6.45) is 2.85. The minimum atomic E-state index is -0.661. The number of ether oxygens (including phenoxy) is 1. The molecule has 2 fully saturated rings. The number of amides is 4. The Morgan fingerprint density at radius 1 is 1.30 bits per heavy atom. The van der Waals surface area contributed by atoms with Crippen molar-refractivity contribution in [2.45, 2.75) is 31.8 Å². The Labute approximate surface area is 158 Å². The van der Waals surface area contributed by atoms with Crippen LogP contribution in [0.1, 0.15) is 25.0 Å². The average Bonchev–Trinajstić information content (AvgIpc) is 3.28. The molecule has 1 atom stereocenters. The fraction of sp³-hybridized carbons (Fsp3) is 0.611. The molecule has 2 aliphatic heterocycles.